The Morgan fingerprint density at radius 1 is 0.263 bits per heavy atom. The Morgan fingerprint density at radius 3 is 0.800 bits per heavy atom. The van der Waals surface area contributed by atoms with E-state index in [1.165, 1.54) is 154 Å². The van der Waals surface area contributed by atoms with Crippen molar-refractivity contribution in [3.63, 3.8) is 0 Å². The SMILES string of the molecule is CC/C=C\C/C=C\C/C=C\C/C=C\C/C=C\C/C=C\C/C=C\CCCCCCCCCCCC(=O)OCC(COC(=O)CCCCCCC/C=C\C/C=C\CCCC)OC(=O)CCCCCCCCCCCCCCCCCCC. The third-order valence-electron chi connectivity index (χ3n) is 14.5. The van der Waals surface area contributed by atoms with Crippen molar-refractivity contribution in [1.82, 2.24) is 0 Å². The van der Waals surface area contributed by atoms with Crippen LogP contribution in [0.15, 0.2) is 109 Å². The summed E-state index contributed by atoms with van der Waals surface area (Å²) in [6.45, 7) is 6.50. The van der Waals surface area contributed by atoms with E-state index in [9.17, 15) is 14.4 Å². The second-order valence-electron chi connectivity index (χ2n) is 22.4. The number of rotatable bonds is 61. The Balaban J connectivity index is 4.29. The fourth-order valence-electron chi connectivity index (χ4n) is 9.44. The summed E-state index contributed by atoms with van der Waals surface area (Å²) in [4.78, 5) is 38.4. The molecule has 0 aliphatic rings. The molecule has 458 valence electrons. The van der Waals surface area contributed by atoms with Gasteiger partial charge in [-0.05, 0) is 103 Å². The summed E-state index contributed by atoms with van der Waals surface area (Å²) in [5.41, 5.74) is 0. The van der Waals surface area contributed by atoms with Crippen molar-refractivity contribution in [2.24, 2.45) is 0 Å². The third-order valence-corrected chi connectivity index (χ3v) is 14.5. The summed E-state index contributed by atoms with van der Waals surface area (Å²) < 4.78 is 16.9. The summed E-state index contributed by atoms with van der Waals surface area (Å²) in [5.74, 6) is -0.890. The van der Waals surface area contributed by atoms with E-state index in [0.29, 0.717) is 19.3 Å². The number of esters is 3. The summed E-state index contributed by atoms with van der Waals surface area (Å²) in [6.07, 6.45) is 92.4. The van der Waals surface area contributed by atoms with E-state index in [1.54, 1.807) is 0 Å². The van der Waals surface area contributed by atoms with Gasteiger partial charge in [-0.25, -0.2) is 0 Å². The molecular weight excluding hydrogens is 985 g/mol. The van der Waals surface area contributed by atoms with Gasteiger partial charge in [-0.2, -0.15) is 0 Å². The van der Waals surface area contributed by atoms with Crippen LogP contribution in [0.5, 0.6) is 0 Å². The minimum absolute atomic E-state index is 0.0836. The van der Waals surface area contributed by atoms with Crippen molar-refractivity contribution < 1.29 is 28.6 Å². The maximum absolute atomic E-state index is 12.9. The van der Waals surface area contributed by atoms with Crippen molar-refractivity contribution in [1.29, 1.82) is 0 Å². The maximum atomic E-state index is 12.9. The van der Waals surface area contributed by atoms with Crippen molar-refractivity contribution >= 4 is 17.9 Å². The van der Waals surface area contributed by atoms with Gasteiger partial charge in [-0.15, -0.1) is 0 Å². The zero-order chi connectivity index (χ0) is 57.8. The van der Waals surface area contributed by atoms with E-state index in [4.69, 9.17) is 14.2 Å². The van der Waals surface area contributed by atoms with E-state index in [2.05, 4.69) is 130 Å². The Kier molecular flexibility index (Phi) is 64.3. The Hall–Kier alpha value is -3.93. The number of ether oxygens (including phenoxy) is 3. The molecule has 6 nitrogen and oxygen atoms in total. The lowest BCUT2D eigenvalue weighted by Gasteiger charge is -2.18. The predicted octanol–water partition coefficient (Wildman–Crippen LogP) is 23.4. The molecule has 1 unspecified atom stereocenters. The van der Waals surface area contributed by atoms with E-state index in [1.807, 2.05) is 0 Å². The number of hydrogen-bond donors (Lipinski definition) is 0. The Morgan fingerprint density at radius 2 is 0.500 bits per heavy atom. The molecule has 0 fully saturated rings. The van der Waals surface area contributed by atoms with Crippen LogP contribution >= 0.6 is 0 Å². The minimum Gasteiger partial charge on any atom is -0.462 e. The highest BCUT2D eigenvalue weighted by Gasteiger charge is 2.19. The number of unbranched alkanes of at least 4 members (excludes halogenated alkanes) is 32. The van der Waals surface area contributed by atoms with Gasteiger partial charge >= 0.3 is 17.9 Å². The Labute approximate surface area is 495 Å². The van der Waals surface area contributed by atoms with E-state index in [-0.39, 0.29) is 31.1 Å². The van der Waals surface area contributed by atoms with Gasteiger partial charge in [-0.1, -0.05) is 310 Å². The first kappa shape index (κ1) is 76.1. The quantitative estimate of drug-likeness (QED) is 0.0261. The van der Waals surface area contributed by atoms with Gasteiger partial charge in [0.15, 0.2) is 6.10 Å². The molecule has 0 rings (SSSR count). The average molecular weight is 1110 g/mol. The molecule has 80 heavy (non-hydrogen) atoms. The lowest BCUT2D eigenvalue weighted by atomic mass is 10.0. The first-order chi connectivity index (χ1) is 39.5. The lowest BCUT2D eigenvalue weighted by molar-refractivity contribution is -0.167. The smallest absolute Gasteiger partial charge is 0.306 e. The van der Waals surface area contributed by atoms with Crippen LogP contribution in [0.2, 0.25) is 0 Å². The Bertz CT molecular complexity index is 1610. The number of carbonyl (C=O) groups is 3. The summed E-state index contributed by atoms with van der Waals surface area (Å²) in [5, 5.41) is 0. The van der Waals surface area contributed by atoms with Crippen molar-refractivity contribution in [2.75, 3.05) is 13.2 Å². The molecule has 0 amide bonds. The van der Waals surface area contributed by atoms with Gasteiger partial charge in [-0.3, -0.25) is 14.4 Å². The van der Waals surface area contributed by atoms with Gasteiger partial charge in [0, 0.05) is 19.3 Å². The number of carbonyl (C=O) groups excluding carboxylic acids is 3. The molecule has 0 aromatic carbocycles. The molecule has 0 aliphatic carbocycles. The molecule has 0 aliphatic heterocycles. The van der Waals surface area contributed by atoms with Gasteiger partial charge in [0.2, 0.25) is 0 Å². The molecule has 0 bridgehead atoms. The van der Waals surface area contributed by atoms with Gasteiger partial charge < -0.3 is 14.2 Å². The summed E-state index contributed by atoms with van der Waals surface area (Å²) in [6, 6.07) is 0. The van der Waals surface area contributed by atoms with Gasteiger partial charge in [0.1, 0.15) is 13.2 Å². The summed E-state index contributed by atoms with van der Waals surface area (Å²) >= 11 is 0. The van der Waals surface area contributed by atoms with Crippen LogP contribution in [0, 0.1) is 0 Å². The highest BCUT2D eigenvalue weighted by Crippen LogP contribution is 2.17. The van der Waals surface area contributed by atoms with Crippen molar-refractivity contribution in [3.05, 3.63) is 109 Å². The molecule has 0 saturated heterocycles. The number of hydrogen-bond acceptors (Lipinski definition) is 6. The first-order valence-corrected chi connectivity index (χ1v) is 33.9. The monoisotopic (exact) mass is 1110 g/mol. The molecular formula is C74H126O6. The van der Waals surface area contributed by atoms with Gasteiger partial charge in [0.05, 0.1) is 0 Å². The molecule has 0 saturated carbocycles. The van der Waals surface area contributed by atoms with E-state index >= 15 is 0 Å². The van der Waals surface area contributed by atoms with E-state index in [0.717, 1.165) is 128 Å². The molecule has 6 heteroatoms. The second-order valence-corrected chi connectivity index (χ2v) is 22.4. The lowest BCUT2D eigenvalue weighted by Crippen LogP contribution is -2.30. The van der Waals surface area contributed by atoms with E-state index < -0.39 is 6.10 Å². The highest BCUT2D eigenvalue weighted by molar-refractivity contribution is 5.71. The molecule has 1 atom stereocenters. The van der Waals surface area contributed by atoms with Crippen LogP contribution in [-0.2, 0) is 28.6 Å². The van der Waals surface area contributed by atoms with Crippen LogP contribution < -0.4 is 0 Å². The van der Waals surface area contributed by atoms with Gasteiger partial charge in [0.25, 0.3) is 0 Å². The van der Waals surface area contributed by atoms with Crippen molar-refractivity contribution in [3.8, 4) is 0 Å². The molecule has 0 N–H and O–H groups in total. The zero-order valence-corrected chi connectivity index (χ0v) is 52.6. The van der Waals surface area contributed by atoms with Crippen LogP contribution in [0.4, 0.5) is 0 Å². The standard InChI is InChI=1S/C74H126O6/c1-4-7-10-13-16-19-22-25-28-30-31-32-33-34-35-36-37-38-39-40-41-42-43-45-46-49-52-55-58-61-64-67-73(76)79-70-71(69-78-72(75)66-63-60-57-54-51-48-27-24-21-18-15-12-9-6-3)80-74(77)68-65-62-59-56-53-50-47-44-29-26-23-20-17-14-11-8-5-2/h7,10,15-16,18-19,24-25,27-28,31-32,34-35,37-38,40-41,71H,4-6,8-9,11-14,17,20-23,26,29-30,33,36,39,42-70H2,1-3H3/b10-7-,18-15-,19-16-,27-24-,28-25-,32-31-,35-34-,38-37-,41-40-. The average Bonchev–Trinajstić information content (AvgIpc) is 3.46. The molecule has 0 aromatic heterocycles. The topological polar surface area (TPSA) is 78.9 Å². The molecule has 0 heterocycles. The fraction of sp³-hybridized carbons (Fsp3) is 0.716. The fourth-order valence-corrected chi connectivity index (χ4v) is 9.44. The number of allylic oxidation sites excluding steroid dienone is 18. The first-order valence-electron chi connectivity index (χ1n) is 33.9. The van der Waals surface area contributed by atoms with Crippen LogP contribution in [0.1, 0.15) is 323 Å². The largest absolute Gasteiger partial charge is 0.462 e. The minimum atomic E-state index is -0.787. The normalized spacial score (nSPS) is 12.8. The van der Waals surface area contributed by atoms with Crippen LogP contribution in [0.25, 0.3) is 0 Å². The molecule has 0 spiro atoms. The molecule has 0 radical (unpaired) electrons. The maximum Gasteiger partial charge on any atom is 0.306 e. The van der Waals surface area contributed by atoms with Crippen LogP contribution in [-0.4, -0.2) is 37.2 Å². The highest BCUT2D eigenvalue weighted by atomic mass is 16.6. The second kappa shape index (κ2) is 67.6. The summed E-state index contributed by atoms with van der Waals surface area (Å²) in [7, 11) is 0. The van der Waals surface area contributed by atoms with Crippen LogP contribution in [0.3, 0.4) is 0 Å². The third kappa shape index (κ3) is 64.9. The zero-order valence-electron chi connectivity index (χ0n) is 52.6. The van der Waals surface area contributed by atoms with Crippen molar-refractivity contribution in [2.45, 2.75) is 329 Å². The molecule has 0 aromatic rings. The predicted molar refractivity (Wildman–Crippen MR) is 348 cm³/mol.